The van der Waals surface area contributed by atoms with E-state index in [1.807, 2.05) is 35.7 Å². The third kappa shape index (κ3) is 7.63. The molecular formula is C23H33IN6O2. The Morgan fingerprint density at radius 1 is 1.12 bits per heavy atom. The fourth-order valence-corrected chi connectivity index (χ4v) is 3.21. The Balaban J connectivity index is 0.00000363. The molecule has 0 aliphatic rings. The first kappa shape index (κ1) is 25.9. The van der Waals surface area contributed by atoms with Gasteiger partial charge in [-0.2, -0.15) is 0 Å². The highest BCUT2D eigenvalue weighted by Gasteiger charge is 2.07. The average Bonchev–Trinajstić information content (AvgIpc) is 3.20. The first-order valence-electron chi connectivity index (χ1n) is 10.7. The van der Waals surface area contributed by atoms with Gasteiger partial charge >= 0.3 is 0 Å². The van der Waals surface area contributed by atoms with E-state index in [1.54, 1.807) is 7.05 Å². The van der Waals surface area contributed by atoms with Gasteiger partial charge in [-0.15, -0.1) is 34.2 Å². The zero-order valence-electron chi connectivity index (χ0n) is 19.0. The molecule has 8 nitrogen and oxygen atoms in total. The van der Waals surface area contributed by atoms with E-state index in [2.05, 4.69) is 50.9 Å². The number of benzene rings is 1. The number of hydrogen-bond acceptors (Lipinski definition) is 5. The van der Waals surface area contributed by atoms with Gasteiger partial charge in [-0.25, -0.2) is 0 Å². The van der Waals surface area contributed by atoms with E-state index in [-0.39, 0.29) is 24.0 Å². The summed E-state index contributed by atoms with van der Waals surface area (Å²) in [4.78, 5) is 4.32. The molecule has 0 spiro atoms. The summed E-state index contributed by atoms with van der Waals surface area (Å²) in [6.45, 7) is 7.27. The van der Waals surface area contributed by atoms with E-state index >= 15 is 0 Å². The molecule has 0 bridgehead atoms. The first-order chi connectivity index (χ1) is 15.2. The molecule has 2 N–H and O–H groups in total. The van der Waals surface area contributed by atoms with Crippen LogP contribution >= 0.6 is 24.0 Å². The van der Waals surface area contributed by atoms with Crippen LogP contribution in [0.4, 0.5) is 0 Å². The maximum atomic E-state index is 5.92. The summed E-state index contributed by atoms with van der Waals surface area (Å²) in [7, 11) is 1.77. The highest BCUT2D eigenvalue weighted by molar-refractivity contribution is 14.0. The number of aryl methyl sites for hydroxylation is 2. The van der Waals surface area contributed by atoms with Gasteiger partial charge in [-0.1, -0.05) is 18.2 Å². The van der Waals surface area contributed by atoms with Crippen molar-refractivity contribution in [2.24, 2.45) is 4.99 Å². The van der Waals surface area contributed by atoms with Crippen LogP contribution in [0.5, 0.6) is 5.75 Å². The van der Waals surface area contributed by atoms with Crippen LogP contribution in [0.15, 0.2) is 47.6 Å². The Hall–Kier alpha value is -2.40. The predicted molar refractivity (Wildman–Crippen MR) is 138 cm³/mol. The smallest absolute Gasteiger partial charge is 0.191 e. The molecule has 0 amide bonds. The minimum Gasteiger partial charge on any atom is -0.491 e. The highest BCUT2D eigenvalue weighted by atomic mass is 127. The Kier molecular flexibility index (Phi) is 11.2. The fraction of sp³-hybridized carbons (Fsp3) is 0.435. The Bertz CT molecular complexity index is 992. The van der Waals surface area contributed by atoms with Gasteiger partial charge < -0.3 is 20.1 Å². The Labute approximate surface area is 206 Å². The molecule has 32 heavy (non-hydrogen) atoms. The number of halogens is 1. The number of ether oxygens (including phenoxy) is 2. The quantitative estimate of drug-likeness (QED) is 0.164. The monoisotopic (exact) mass is 552 g/mol. The second kappa shape index (κ2) is 13.9. The molecule has 0 unspecified atom stereocenters. The third-order valence-electron chi connectivity index (χ3n) is 4.84. The summed E-state index contributed by atoms with van der Waals surface area (Å²) in [5.74, 6) is 2.60. The zero-order chi connectivity index (χ0) is 21.9. The van der Waals surface area contributed by atoms with Crippen molar-refractivity contribution in [3.63, 3.8) is 0 Å². The van der Waals surface area contributed by atoms with Crippen LogP contribution in [-0.2, 0) is 17.7 Å². The van der Waals surface area contributed by atoms with Crippen molar-refractivity contribution in [1.29, 1.82) is 0 Å². The van der Waals surface area contributed by atoms with Crippen molar-refractivity contribution in [2.75, 3.05) is 33.4 Å². The Morgan fingerprint density at radius 2 is 2.00 bits per heavy atom. The van der Waals surface area contributed by atoms with Crippen LogP contribution in [0, 0.1) is 6.92 Å². The number of pyridine rings is 1. The molecule has 0 aliphatic heterocycles. The second-order valence-electron chi connectivity index (χ2n) is 7.16. The Morgan fingerprint density at radius 3 is 2.81 bits per heavy atom. The normalized spacial score (nSPS) is 11.3. The topological polar surface area (TPSA) is 85.1 Å². The molecule has 0 radical (unpaired) electrons. The van der Waals surface area contributed by atoms with Gasteiger partial charge in [-0.05, 0) is 44.0 Å². The number of nitrogens with zero attached hydrogens (tertiary/aromatic N) is 4. The van der Waals surface area contributed by atoms with Crippen LogP contribution in [0.1, 0.15) is 30.3 Å². The van der Waals surface area contributed by atoms with Crippen LogP contribution in [0.25, 0.3) is 5.65 Å². The fourth-order valence-electron chi connectivity index (χ4n) is 3.21. The first-order valence-corrected chi connectivity index (χ1v) is 10.7. The number of fused-ring (bicyclic) bond motifs is 1. The lowest BCUT2D eigenvalue weighted by Crippen LogP contribution is -2.37. The van der Waals surface area contributed by atoms with Crippen LogP contribution < -0.4 is 15.4 Å². The van der Waals surface area contributed by atoms with Crippen molar-refractivity contribution < 1.29 is 9.47 Å². The number of aromatic nitrogens is 3. The predicted octanol–water partition coefficient (Wildman–Crippen LogP) is 3.37. The molecule has 3 aromatic rings. The zero-order valence-corrected chi connectivity index (χ0v) is 21.3. The number of nitrogens with one attached hydrogen (secondary N) is 2. The highest BCUT2D eigenvalue weighted by Crippen LogP contribution is 2.20. The van der Waals surface area contributed by atoms with E-state index < -0.39 is 0 Å². The maximum absolute atomic E-state index is 5.92. The second-order valence-corrected chi connectivity index (χ2v) is 7.16. The van der Waals surface area contributed by atoms with E-state index in [0.717, 1.165) is 48.1 Å². The van der Waals surface area contributed by atoms with Crippen LogP contribution in [0.2, 0.25) is 0 Å². The lowest BCUT2D eigenvalue weighted by atomic mass is 10.1. The van der Waals surface area contributed by atoms with E-state index in [9.17, 15) is 0 Å². The van der Waals surface area contributed by atoms with Crippen molar-refractivity contribution in [3.05, 3.63) is 59.5 Å². The molecule has 0 saturated heterocycles. The summed E-state index contributed by atoms with van der Waals surface area (Å²) in [6.07, 6.45) is 3.76. The number of hydrogen-bond donors (Lipinski definition) is 2. The molecule has 2 aromatic heterocycles. The van der Waals surface area contributed by atoms with Gasteiger partial charge in [0.1, 0.15) is 18.2 Å². The van der Waals surface area contributed by atoms with E-state index in [4.69, 9.17) is 9.47 Å². The summed E-state index contributed by atoms with van der Waals surface area (Å²) >= 11 is 0. The van der Waals surface area contributed by atoms with Gasteiger partial charge in [0.05, 0.1) is 6.61 Å². The lowest BCUT2D eigenvalue weighted by molar-refractivity contribution is 0.110. The van der Waals surface area contributed by atoms with Crippen LogP contribution in [0.3, 0.4) is 0 Å². The summed E-state index contributed by atoms with van der Waals surface area (Å²) in [5.41, 5.74) is 3.12. The third-order valence-corrected chi connectivity index (χ3v) is 4.84. The van der Waals surface area contributed by atoms with Crippen molar-refractivity contribution in [1.82, 2.24) is 25.2 Å². The van der Waals surface area contributed by atoms with Gasteiger partial charge in [0.15, 0.2) is 11.6 Å². The largest absolute Gasteiger partial charge is 0.491 e. The van der Waals surface area contributed by atoms with Gasteiger partial charge in [0.25, 0.3) is 0 Å². The minimum atomic E-state index is 0. The average molecular weight is 552 g/mol. The number of guanidine groups is 1. The van der Waals surface area contributed by atoms with Crippen molar-refractivity contribution in [3.8, 4) is 5.75 Å². The van der Waals surface area contributed by atoms with Crippen molar-refractivity contribution in [2.45, 2.75) is 33.2 Å². The summed E-state index contributed by atoms with van der Waals surface area (Å²) in [5, 5.41) is 15.2. The van der Waals surface area contributed by atoms with Crippen LogP contribution in [-0.4, -0.2) is 54.0 Å². The molecule has 1 aromatic carbocycles. The van der Waals surface area contributed by atoms with Gasteiger partial charge in [-0.3, -0.25) is 9.39 Å². The van der Waals surface area contributed by atoms with Gasteiger partial charge in [0.2, 0.25) is 0 Å². The molecule has 0 atom stereocenters. The van der Waals surface area contributed by atoms with E-state index in [1.165, 1.54) is 5.56 Å². The SMILES string of the molecule is CCOCCOc1cc(C)ccc1CNC(=NC)NCCCc1nnc2ccccn12.I. The van der Waals surface area contributed by atoms with Gasteiger partial charge in [0, 0.05) is 44.9 Å². The molecule has 2 heterocycles. The number of aliphatic imine (C=N–C) groups is 1. The summed E-state index contributed by atoms with van der Waals surface area (Å²) < 4.78 is 13.3. The van der Waals surface area contributed by atoms with E-state index in [0.29, 0.717) is 26.4 Å². The van der Waals surface area contributed by atoms with Crippen molar-refractivity contribution >= 4 is 35.6 Å². The molecule has 9 heteroatoms. The molecule has 0 fully saturated rings. The molecule has 0 saturated carbocycles. The molecule has 3 rings (SSSR count). The molecule has 174 valence electrons. The molecular weight excluding hydrogens is 519 g/mol. The molecule has 0 aliphatic carbocycles. The lowest BCUT2D eigenvalue weighted by Gasteiger charge is -2.15. The standard InChI is InChI=1S/C23H32N6O2.HI/c1-4-30-14-15-31-20-16-18(2)10-11-19(20)17-26-23(24-3)25-12-7-9-22-28-27-21-8-5-6-13-29(21)22;/h5-6,8,10-11,13,16H,4,7,9,12,14-15,17H2,1-3H3,(H2,24,25,26);1H. The number of rotatable bonds is 11. The minimum absolute atomic E-state index is 0. The maximum Gasteiger partial charge on any atom is 0.191 e. The summed E-state index contributed by atoms with van der Waals surface area (Å²) in [6, 6.07) is 12.1.